The summed E-state index contributed by atoms with van der Waals surface area (Å²) in [5.41, 5.74) is 1.85. The molecular weight excluding hydrogens is 328 g/mol. The lowest BCUT2D eigenvalue weighted by molar-refractivity contribution is -0.132. The van der Waals surface area contributed by atoms with Gasteiger partial charge in [-0.1, -0.05) is 0 Å². The molecule has 0 saturated carbocycles. The number of carbonyl (C=O) groups is 1. The number of nitrogens with zero attached hydrogens (tertiary/aromatic N) is 2. The predicted molar refractivity (Wildman–Crippen MR) is 88.1 cm³/mol. The van der Waals surface area contributed by atoms with Gasteiger partial charge in [0.25, 0.3) is 5.56 Å². The van der Waals surface area contributed by atoms with E-state index >= 15 is 0 Å². The average molecular weight is 347 g/mol. The van der Waals surface area contributed by atoms with E-state index in [-0.39, 0.29) is 30.9 Å². The molecule has 0 spiro atoms. The Hall–Kier alpha value is -2.57. The maximum Gasteiger partial charge on any atom is 0.254 e. The summed E-state index contributed by atoms with van der Waals surface area (Å²) in [5.74, 6) is -0.808. The van der Waals surface area contributed by atoms with Crippen molar-refractivity contribution < 1.29 is 13.6 Å². The molecule has 1 aliphatic rings. The zero-order valence-corrected chi connectivity index (χ0v) is 14.2. The molecule has 7 heteroatoms. The standard InChI is InChI=1S/C18H19F2N3O2/c1-10-14(18(25)22-11(2)21-10)3-4-17(24)23-6-5-15-12(9-23)7-13(19)8-16(15)20/h7-8H,3-6,9H2,1-2H3,(H,21,22,25). The third kappa shape index (κ3) is 3.60. The summed E-state index contributed by atoms with van der Waals surface area (Å²) < 4.78 is 27.1. The number of amides is 1. The van der Waals surface area contributed by atoms with E-state index in [0.717, 1.165) is 6.07 Å². The zero-order chi connectivity index (χ0) is 18.1. The second-order valence-corrected chi connectivity index (χ2v) is 6.31. The SMILES string of the molecule is Cc1nc(C)c(CCC(=O)N2CCc3c(F)cc(F)cc3C2)c(=O)[nH]1. The molecule has 0 aliphatic carbocycles. The number of nitrogens with one attached hydrogen (secondary N) is 1. The molecule has 0 radical (unpaired) electrons. The predicted octanol–water partition coefficient (Wildman–Crippen LogP) is 2.18. The Labute approximate surface area is 143 Å². The van der Waals surface area contributed by atoms with Crippen LogP contribution < -0.4 is 5.56 Å². The van der Waals surface area contributed by atoms with Crippen LogP contribution in [-0.2, 0) is 24.2 Å². The lowest BCUT2D eigenvalue weighted by Gasteiger charge is -2.29. The first kappa shape index (κ1) is 17.3. The Bertz CT molecular complexity index is 893. The number of aromatic amines is 1. The molecule has 2 heterocycles. The van der Waals surface area contributed by atoms with Gasteiger partial charge in [0.2, 0.25) is 5.91 Å². The minimum Gasteiger partial charge on any atom is -0.338 e. The van der Waals surface area contributed by atoms with E-state index in [0.29, 0.717) is 41.2 Å². The fraction of sp³-hybridized carbons (Fsp3) is 0.389. The minimum absolute atomic E-state index is 0.144. The molecule has 1 aliphatic heterocycles. The van der Waals surface area contributed by atoms with Crippen molar-refractivity contribution in [2.45, 2.75) is 39.7 Å². The second kappa shape index (κ2) is 6.74. The van der Waals surface area contributed by atoms with Gasteiger partial charge in [-0.2, -0.15) is 0 Å². The number of hydrogen-bond donors (Lipinski definition) is 1. The van der Waals surface area contributed by atoms with Gasteiger partial charge >= 0.3 is 0 Å². The van der Waals surface area contributed by atoms with Crippen LogP contribution in [-0.4, -0.2) is 27.3 Å². The number of fused-ring (bicyclic) bond motifs is 1. The molecule has 2 aromatic rings. The third-order valence-electron chi connectivity index (χ3n) is 4.53. The zero-order valence-electron chi connectivity index (χ0n) is 14.2. The Balaban J connectivity index is 1.70. The maximum atomic E-state index is 13.8. The molecule has 3 rings (SSSR count). The third-order valence-corrected chi connectivity index (χ3v) is 4.53. The molecule has 5 nitrogen and oxygen atoms in total. The fourth-order valence-electron chi connectivity index (χ4n) is 3.26. The Morgan fingerprint density at radius 3 is 2.80 bits per heavy atom. The van der Waals surface area contributed by atoms with E-state index in [9.17, 15) is 18.4 Å². The van der Waals surface area contributed by atoms with Crippen molar-refractivity contribution in [1.82, 2.24) is 14.9 Å². The highest BCUT2D eigenvalue weighted by Crippen LogP contribution is 2.23. The number of aryl methyl sites for hydroxylation is 2. The number of aromatic nitrogens is 2. The molecule has 0 unspecified atom stereocenters. The second-order valence-electron chi connectivity index (χ2n) is 6.31. The highest BCUT2D eigenvalue weighted by Gasteiger charge is 2.24. The number of benzene rings is 1. The van der Waals surface area contributed by atoms with Gasteiger partial charge < -0.3 is 9.88 Å². The Kier molecular flexibility index (Phi) is 4.65. The molecular formula is C18H19F2N3O2. The van der Waals surface area contributed by atoms with E-state index in [4.69, 9.17) is 0 Å². The largest absolute Gasteiger partial charge is 0.338 e. The van der Waals surface area contributed by atoms with Crippen LogP contribution in [0.25, 0.3) is 0 Å². The summed E-state index contributed by atoms with van der Waals surface area (Å²) in [7, 11) is 0. The summed E-state index contributed by atoms with van der Waals surface area (Å²) >= 11 is 0. The van der Waals surface area contributed by atoms with Crippen LogP contribution in [0.1, 0.15) is 34.6 Å². The van der Waals surface area contributed by atoms with E-state index in [1.165, 1.54) is 6.07 Å². The lowest BCUT2D eigenvalue weighted by atomic mass is 9.98. The van der Waals surface area contributed by atoms with Gasteiger partial charge in [-0.15, -0.1) is 0 Å². The monoisotopic (exact) mass is 347 g/mol. The van der Waals surface area contributed by atoms with Gasteiger partial charge in [0, 0.05) is 36.8 Å². The summed E-state index contributed by atoms with van der Waals surface area (Å²) in [4.78, 5) is 32.9. The normalized spacial score (nSPS) is 13.7. The maximum absolute atomic E-state index is 13.8. The van der Waals surface area contributed by atoms with Gasteiger partial charge in [-0.25, -0.2) is 13.8 Å². The lowest BCUT2D eigenvalue weighted by Crippen LogP contribution is -2.36. The molecule has 25 heavy (non-hydrogen) atoms. The van der Waals surface area contributed by atoms with Gasteiger partial charge in [-0.3, -0.25) is 9.59 Å². The van der Waals surface area contributed by atoms with Crippen LogP contribution in [0, 0.1) is 25.5 Å². The number of hydrogen-bond acceptors (Lipinski definition) is 3. The van der Waals surface area contributed by atoms with Crippen LogP contribution in [0.4, 0.5) is 8.78 Å². The van der Waals surface area contributed by atoms with Crippen LogP contribution in [0.3, 0.4) is 0 Å². The van der Waals surface area contributed by atoms with Crippen molar-refractivity contribution in [2.75, 3.05) is 6.54 Å². The van der Waals surface area contributed by atoms with Crippen LogP contribution >= 0.6 is 0 Å². The Morgan fingerprint density at radius 2 is 2.08 bits per heavy atom. The highest BCUT2D eigenvalue weighted by molar-refractivity contribution is 5.76. The van der Waals surface area contributed by atoms with Gasteiger partial charge in [0.05, 0.1) is 0 Å². The van der Waals surface area contributed by atoms with E-state index in [2.05, 4.69) is 9.97 Å². The fourth-order valence-corrected chi connectivity index (χ4v) is 3.26. The molecule has 0 saturated heterocycles. The summed E-state index contributed by atoms with van der Waals surface area (Å²) in [6.07, 6.45) is 0.800. The van der Waals surface area contributed by atoms with Crippen molar-refractivity contribution in [2.24, 2.45) is 0 Å². The number of rotatable bonds is 3. The topological polar surface area (TPSA) is 66.1 Å². The number of halogens is 2. The van der Waals surface area contributed by atoms with Crippen LogP contribution in [0.5, 0.6) is 0 Å². The van der Waals surface area contributed by atoms with E-state index in [1.807, 2.05) is 0 Å². The van der Waals surface area contributed by atoms with Gasteiger partial charge in [0.15, 0.2) is 0 Å². The minimum atomic E-state index is -0.640. The molecule has 0 fully saturated rings. The summed E-state index contributed by atoms with van der Waals surface area (Å²) in [6.45, 7) is 4.01. The van der Waals surface area contributed by atoms with E-state index in [1.54, 1.807) is 18.7 Å². The van der Waals surface area contributed by atoms with Crippen LogP contribution in [0.15, 0.2) is 16.9 Å². The molecule has 1 N–H and O–H groups in total. The van der Waals surface area contributed by atoms with E-state index < -0.39 is 11.6 Å². The average Bonchev–Trinajstić information content (AvgIpc) is 2.52. The summed E-state index contributed by atoms with van der Waals surface area (Å²) in [6, 6.07) is 2.15. The first-order chi connectivity index (χ1) is 11.8. The van der Waals surface area contributed by atoms with Crippen LogP contribution in [0.2, 0.25) is 0 Å². The highest BCUT2D eigenvalue weighted by atomic mass is 19.1. The van der Waals surface area contributed by atoms with Gasteiger partial charge in [-0.05, 0) is 43.9 Å². The first-order valence-electron chi connectivity index (χ1n) is 8.16. The van der Waals surface area contributed by atoms with Crippen molar-refractivity contribution in [3.05, 3.63) is 62.3 Å². The number of carbonyl (C=O) groups excluding carboxylic acids is 1. The van der Waals surface area contributed by atoms with Crippen molar-refractivity contribution in [1.29, 1.82) is 0 Å². The smallest absolute Gasteiger partial charge is 0.254 e. The van der Waals surface area contributed by atoms with Gasteiger partial charge in [0.1, 0.15) is 17.5 Å². The molecule has 0 atom stereocenters. The summed E-state index contributed by atoms with van der Waals surface area (Å²) in [5, 5.41) is 0. The first-order valence-corrected chi connectivity index (χ1v) is 8.16. The van der Waals surface area contributed by atoms with Crippen molar-refractivity contribution in [3.8, 4) is 0 Å². The molecule has 132 valence electrons. The molecule has 1 aromatic carbocycles. The van der Waals surface area contributed by atoms with Crippen molar-refractivity contribution >= 4 is 5.91 Å². The molecule has 1 amide bonds. The number of H-pyrrole nitrogens is 1. The molecule has 0 bridgehead atoms. The quantitative estimate of drug-likeness (QED) is 0.925. The van der Waals surface area contributed by atoms with Crippen molar-refractivity contribution in [3.63, 3.8) is 0 Å². The molecule has 1 aromatic heterocycles. The Morgan fingerprint density at radius 1 is 1.32 bits per heavy atom.